The normalized spacial score (nSPS) is 22.2. The van der Waals surface area contributed by atoms with Gasteiger partial charge in [-0.25, -0.2) is 4.79 Å². The van der Waals surface area contributed by atoms with E-state index in [1.165, 1.54) is 56.4 Å². The summed E-state index contributed by atoms with van der Waals surface area (Å²) in [7, 11) is 0. The standard InChI is InChI=1S/C34H42F3N3O5/c35-34(36,37)45-28-16-12-26(13-17-28)39-33(44)40(27-14-9-23(10-15-27)22-5-2-1-3-6-22)30-8-4-7-24-21-25(11-18-29(24)30)32(43)38-20-19-31(41)42/h11-13,16-18,21-23,27,30H,1-10,14-15,19-20H2,(H,38,43)(H,39,44)(H,41,42). The number of rotatable bonds is 9. The Hall–Kier alpha value is -3.76. The number of nitrogens with zero attached hydrogens (tertiary/aromatic N) is 1. The predicted octanol–water partition coefficient (Wildman–Crippen LogP) is 7.84. The molecule has 3 aliphatic carbocycles. The number of ether oxygens (including phenoxy) is 1. The molecule has 1 unspecified atom stereocenters. The van der Waals surface area contributed by atoms with Gasteiger partial charge in [0.25, 0.3) is 5.91 Å². The maximum absolute atomic E-state index is 14.1. The molecule has 2 aromatic rings. The summed E-state index contributed by atoms with van der Waals surface area (Å²) in [6.45, 7) is 0.0364. The van der Waals surface area contributed by atoms with E-state index in [1.807, 2.05) is 17.0 Å². The SMILES string of the molecule is O=C(O)CCNC(=O)c1ccc2c(c1)CCCC2N(C(=O)Nc1ccc(OC(F)(F)F)cc1)C1CCC(C2CCCCC2)CC1. The summed E-state index contributed by atoms with van der Waals surface area (Å²) in [5, 5.41) is 14.5. The number of benzene rings is 2. The van der Waals surface area contributed by atoms with E-state index in [-0.39, 0.29) is 42.7 Å². The van der Waals surface area contributed by atoms with Gasteiger partial charge in [-0.2, -0.15) is 0 Å². The summed E-state index contributed by atoms with van der Waals surface area (Å²) in [6.07, 6.45) is 7.77. The lowest BCUT2D eigenvalue weighted by Gasteiger charge is -2.45. The molecule has 0 heterocycles. The molecule has 0 radical (unpaired) electrons. The molecule has 3 amide bonds. The van der Waals surface area contributed by atoms with Crippen molar-refractivity contribution in [2.24, 2.45) is 11.8 Å². The third-order valence-corrected chi connectivity index (χ3v) is 9.67. The lowest BCUT2D eigenvalue weighted by atomic mass is 9.72. The second-order valence-corrected chi connectivity index (χ2v) is 12.6. The van der Waals surface area contributed by atoms with E-state index >= 15 is 0 Å². The minimum absolute atomic E-state index is 0.00706. The van der Waals surface area contributed by atoms with E-state index in [0.29, 0.717) is 17.2 Å². The molecule has 8 nitrogen and oxygen atoms in total. The molecular weight excluding hydrogens is 587 g/mol. The lowest BCUT2D eigenvalue weighted by molar-refractivity contribution is -0.274. The average Bonchev–Trinajstić information content (AvgIpc) is 3.02. The molecule has 1 atom stereocenters. The number of aryl methyl sites for hydroxylation is 1. The molecule has 0 bridgehead atoms. The molecule has 0 aromatic heterocycles. The molecule has 45 heavy (non-hydrogen) atoms. The van der Waals surface area contributed by atoms with Crippen molar-refractivity contribution in [3.63, 3.8) is 0 Å². The Balaban J connectivity index is 1.35. The Morgan fingerprint density at radius 3 is 2.22 bits per heavy atom. The largest absolute Gasteiger partial charge is 0.573 e. The van der Waals surface area contributed by atoms with Crippen LogP contribution in [0.4, 0.5) is 23.7 Å². The zero-order chi connectivity index (χ0) is 32.0. The summed E-state index contributed by atoms with van der Waals surface area (Å²) >= 11 is 0. The maximum Gasteiger partial charge on any atom is 0.573 e. The third-order valence-electron chi connectivity index (χ3n) is 9.67. The zero-order valence-corrected chi connectivity index (χ0v) is 25.4. The number of hydrogen-bond donors (Lipinski definition) is 3. The summed E-state index contributed by atoms with van der Waals surface area (Å²) in [6, 6.07) is 10.1. The quantitative estimate of drug-likeness (QED) is 0.262. The number of anilines is 1. The molecule has 5 rings (SSSR count). The van der Waals surface area contributed by atoms with E-state index in [2.05, 4.69) is 15.4 Å². The Bertz CT molecular complexity index is 1340. The van der Waals surface area contributed by atoms with Crippen LogP contribution in [0.5, 0.6) is 5.75 Å². The third kappa shape index (κ3) is 8.70. The molecule has 2 saturated carbocycles. The number of hydrogen-bond acceptors (Lipinski definition) is 4. The first-order chi connectivity index (χ1) is 21.6. The first kappa shape index (κ1) is 32.6. The van der Waals surface area contributed by atoms with Crippen molar-refractivity contribution in [2.75, 3.05) is 11.9 Å². The first-order valence-corrected chi connectivity index (χ1v) is 16.2. The van der Waals surface area contributed by atoms with Crippen molar-refractivity contribution in [3.8, 4) is 5.75 Å². The van der Waals surface area contributed by atoms with Gasteiger partial charge in [-0.3, -0.25) is 9.59 Å². The fourth-order valence-electron chi connectivity index (χ4n) is 7.55. The summed E-state index contributed by atoms with van der Waals surface area (Å²) < 4.78 is 41.9. The Kier molecular flexibility index (Phi) is 10.6. The highest BCUT2D eigenvalue weighted by Gasteiger charge is 2.38. The van der Waals surface area contributed by atoms with Crippen LogP contribution in [0, 0.1) is 11.8 Å². The maximum atomic E-state index is 14.1. The number of alkyl halides is 3. The van der Waals surface area contributed by atoms with Gasteiger partial charge in [0.15, 0.2) is 0 Å². The van der Waals surface area contributed by atoms with E-state index in [4.69, 9.17) is 5.11 Å². The fourth-order valence-corrected chi connectivity index (χ4v) is 7.55. The van der Waals surface area contributed by atoms with Gasteiger partial charge in [0.05, 0.1) is 12.5 Å². The Morgan fingerprint density at radius 1 is 0.867 bits per heavy atom. The molecule has 3 aliphatic rings. The van der Waals surface area contributed by atoms with Crippen LogP contribution >= 0.6 is 0 Å². The van der Waals surface area contributed by atoms with Crippen LogP contribution in [-0.2, 0) is 11.2 Å². The van der Waals surface area contributed by atoms with Crippen molar-refractivity contribution >= 4 is 23.6 Å². The number of aliphatic carboxylic acids is 1. The van der Waals surface area contributed by atoms with Crippen LogP contribution < -0.4 is 15.4 Å². The van der Waals surface area contributed by atoms with Crippen molar-refractivity contribution in [1.82, 2.24) is 10.2 Å². The monoisotopic (exact) mass is 629 g/mol. The first-order valence-electron chi connectivity index (χ1n) is 16.2. The molecule has 0 saturated heterocycles. The van der Waals surface area contributed by atoms with E-state index in [9.17, 15) is 27.6 Å². The average molecular weight is 630 g/mol. The summed E-state index contributed by atoms with van der Waals surface area (Å²) in [5.74, 6) is -0.249. The molecule has 2 aromatic carbocycles. The lowest BCUT2D eigenvalue weighted by Crippen LogP contribution is -2.48. The van der Waals surface area contributed by atoms with E-state index < -0.39 is 12.3 Å². The number of carboxylic acid groups (broad SMARTS) is 1. The molecule has 2 fully saturated rings. The number of amides is 3. The number of fused-ring (bicyclic) bond motifs is 1. The number of carbonyl (C=O) groups excluding carboxylic acids is 2. The Labute approximate surface area is 261 Å². The van der Waals surface area contributed by atoms with Crippen molar-refractivity contribution in [3.05, 3.63) is 59.2 Å². The van der Waals surface area contributed by atoms with Gasteiger partial charge in [0, 0.05) is 23.8 Å². The van der Waals surface area contributed by atoms with E-state index in [0.717, 1.165) is 62.0 Å². The topological polar surface area (TPSA) is 108 Å². The number of halogens is 3. The highest BCUT2D eigenvalue weighted by atomic mass is 19.4. The number of carbonyl (C=O) groups is 3. The number of carboxylic acids is 1. The van der Waals surface area contributed by atoms with Gasteiger partial charge in [-0.1, -0.05) is 38.2 Å². The number of nitrogens with one attached hydrogen (secondary N) is 2. The second-order valence-electron chi connectivity index (χ2n) is 12.6. The van der Waals surface area contributed by atoms with Crippen LogP contribution in [0.15, 0.2) is 42.5 Å². The van der Waals surface area contributed by atoms with Crippen molar-refractivity contribution in [2.45, 2.75) is 102 Å². The molecule has 0 aliphatic heterocycles. The predicted molar refractivity (Wildman–Crippen MR) is 163 cm³/mol. The molecule has 244 valence electrons. The van der Waals surface area contributed by atoms with Crippen LogP contribution in [0.2, 0.25) is 0 Å². The Morgan fingerprint density at radius 2 is 1.56 bits per heavy atom. The fraction of sp³-hybridized carbons (Fsp3) is 0.559. The van der Waals surface area contributed by atoms with Crippen molar-refractivity contribution in [1.29, 1.82) is 0 Å². The molecular formula is C34H42F3N3O5. The minimum Gasteiger partial charge on any atom is -0.481 e. The van der Waals surface area contributed by atoms with E-state index in [1.54, 1.807) is 6.07 Å². The van der Waals surface area contributed by atoms with Crippen LogP contribution in [-0.4, -0.2) is 46.9 Å². The zero-order valence-electron chi connectivity index (χ0n) is 25.4. The van der Waals surface area contributed by atoms with Gasteiger partial charge in [0.2, 0.25) is 0 Å². The molecule has 11 heteroatoms. The second kappa shape index (κ2) is 14.6. The highest BCUT2D eigenvalue weighted by molar-refractivity contribution is 5.95. The van der Waals surface area contributed by atoms with Crippen LogP contribution in [0.3, 0.4) is 0 Å². The van der Waals surface area contributed by atoms with Gasteiger partial charge in [-0.15, -0.1) is 13.2 Å². The summed E-state index contributed by atoms with van der Waals surface area (Å²) in [4.78, 5) is 39.5. The minimum atomic E-state index is -4.80. The van der Waals surface area contributed by atoms with Crippen LogP contribution in [0.25, 0.3) is 0 Å². The van der Waals surface area contributed by atoms with Gasteiger partial charge in [0.1, 0.15) is 5.75 Å². The molecule has 0 spiro atoms. The van der Waals surface area contributed by atoms with Crippen LogP contribution in [0.1, 0.15) is 105 Å². The van der Waals surface area contributed by atoms with Gasteiger partial charge < -0.3 is 25.4 Å². The number of urea groups is 1. The molecule has 3 N–H and O–H groups in total. The van der Waals surface area contributed by atoms with Gasteiger partial charge >= 0.3 is 18.4 Å². The summed E-state index contributed by atoms with van der Waals surface area (Å²) in [5.41, 5.74) is 2.80. The highest BCUT2D eigenvalue weighted by Crippen LogP contribution is 2.43. The smallest absolute Gasteiger partial charge is 0.481 e. The van der Waals surface area contributed by atoms with Gasteiger partial charge in [-0.05, 0) is 104 Å². The van der Waals surface area contributed by atoms with Crippen molar-refractivity contribution < 1.29 is 37.4 Å².